The summed E-state index contributed by atoms with van der Waals surface area (Å²) in [5, 5.41) is 10.3. The van der Waals surface area contributed by atoms with E-state index < -0.39 is 18.1 Å². The number of ketones is 1. The predicted octanol–water partition coefficient (Wildman–Crippen LogP) is 4.32. The molecule has 34 heavy (non-hydrogen) atoms. The number of hydrogen-bond acceptors (Lipinski definition) is 7. The third-order valence-electron chi connectivity index (χ3n) is 6.44. The minimum absolute atomic E-state index is 0.0220. The molecule has 1 fully saturated rings. The molecule has 4 rings (SSSR count). The number of amides is 1. The van der Waals surface area contributed by atoms with E-state index in [1.807, 2.05) is 38.4 Å². The number of hydrogen-bond donors (Lipinski definition) is 1. The van der Waals surface area contributed by atoms with Crippen molar-refractivity contribution in [1.29, 1.82) is 0 Å². The van der Waals surface area contributed by atoms with Crippen molar-refractivity contribution < 1.29 is 19.1 Å². The van der Waals surface area contributed by atoms with Crippen molar-refractivity contribution in [3.8, 4) is 10.4 Å². The van der Waals surface area contributed by atoms with Gasteiger partial charge in [-0.05, 0) is 30.4 Å². The monoisotopic (exact) mass is 481 g/mol. The lowest BCUT2D eigenvalue weighted by Gasteiger charge is -2.29. The standard InChI is InChI=1S/C26H31N3O4S/c1-15(2)24(21-13-33-17(4)28-21)26(32)29-12-20(30)11-22(29)23(31)10-7-18-5-8-19(9-6-18)25-16(3)27-14-34-25/h5-6,8-9,13-15,20,22,24,30H,7,10-12H2,1-4H3/t20-,22+,24-/m1/s1. The van der Waals surface area contributed by atoms with Crippen molar-refractivity contribution in [3.63, 3.8) is 0 Å². The number of oxazole rings is 1. The fraction of sp³-hybridized carbons (Fsp3) is 0.462. The van der Waals surface area contributed by atoms with Gasteiger partial charge in [0.2, 0.25) is 5.91 Å². The van der Waals surface area contributed by atoms with Crippen LogP contribution in [0.2, 0.25) is 0 Å². The van der Waals surface area contributed by atoms with E-state index in [0.29, 0.717) is 24.4 Å². The quantitative estimate of drug-likeness (QED) is 0.515. The van der Waals surface area contributed by atoms with Crippen LogP contribution < -0.4 is 0 Å². The first-order chi connectivity index (χ1) is 16.2. The summed E-state index contributed by atoms with van der Waals surface area (Å²) in [5.74, 6) is -0.236. The predicted molar refractivity (Wildman–Crippen MR) is 131 cm³/mol. The van der Waals surface area contributed by atoms with E-state index in [0.717, 1.165) is 21.7 Å². The van der Waals surface area contributed by atoms with Gasteiger partial charge in [0.05, 0.1) is 39.8 Å². The van der Waals surface area contributed by atoms with E-state index in [4.69, 9.17) is 4.42 Å². The van der Waals surface area contributed by atoms with Crippen LogP contribution >= 0.6 is 11.3 Å². The minimum Gasteiger partial charge on any atom is -0.449 e. The van der Waals surface area contributed by atoms with Gasteiger partial charge < -0.3 is 14.4 Å². The molecule has 1 aromatic carbocycles. The summed E-state index contributed by atoms with van der Waals surface area (Å²) >= 11 is 1.61. The molecule has 1 N–H and O–H groups in total. The SMILES string of the molecule is Cc1nc([C@H](C(=O)N2C[C@H](O)C[C@H]2C(=O)CCc2ccc(-c3scnc3C)cc2)C(C)C)co1. The van der Waals surface area contributed by atoms with Gasteiger partial charge in [-0.3, -0.25) is 9.59 Å². The lowest BCUT2D eigenvalue weighted by Crippen LogP contribution is -2.44. The number of aryl methyl sites for hydroxylation is 3. The van der Waals surface area contributed by atoms with Crippen LogP contribution in [-0.4, -0.2) is 50.4 Å². The van der Waals surface area contributed by atoms with Gasteiger partial charge in [0, 0.05) is 26.3 Å². The number of aliphatic hydroxyl groups is 1. The van der Waals surface area contributed by atoms with Crippen molar-refractivity contribution >= 4 is 23.0 Å². The van der Waals surface area contributed by atoms with Crippen molar-refractivity contribution in [2.75, 3.05) is 6.54 Å². The second-order valence-electron chi connectivity index (χ2n) is 9.34. The fourth-order valence-electron chi connectivity index (χ4n) is 4.65. The molecular weight excluding hydrogens is 450 g/mol. The molecule has 0 bridgehead atoms. The Morgan fingerprint density at radius 3 is 2.56 bits per heavy atom. The molecule has 3 aromatic rings. The van der Waals surface area contributed by atoms with Gasteiger partial charge in [-0.15, -0.1) is 11.3 Å². The van der Waals surface area contributed by atoms with Crippen LogP contribution in [0.25, 0.3) is 10.4 Å². The molecule has 8 heteroatoms. The largest absolute Gasteiger partial charge is 0.449 e. The number of thiazole rings is 1. The number of aromatic nitrogens is 2. The van der Waals surface area contributed by atoms with E-state index >= 15 is 0 Å². The van der Waals surface area contributed by atoms with Crippen molar-refractivity contribution in [3.05, 3.63) is 58.9 Å². The Morgan fingerprint density at radius 1 is 1.24 bits per heavy atom. The molecule has 1 saturated heterocycles. The lowest BCUT2D eigenvalue weighted by molar-refractivity contribution is -0.139. The highest BCUT2D eigenvalue weighted by molar-refractivity contribution is 7.13. The maximum Gasteiger partial charge on any atom is 0.232 e. The van der Waals surface area contributed by atoms with Gasteiger partial charge in [0.1, 0.15) is 6.26 Å². The maximum absolute atomic E-state index is 13.5. The molecule has 1 aliphatic rings. The first-order valence-corrected chi connectivity index (χ1v) is 12.5. The summed E-state index contributed by atoms with van der Waals surface area (Å²) in [6.07, 6.45) is 1.99. The Bertz CT molecular complexity index is 1150. The second kappa shape index (κ2) is 10.2. The number of nitrogens with zero attached hydrogens (tertiary/aromatic N) is 3. The Labute approximate surface area is 203 Å². The normalized spacial score (nSPS) is 19.1. The second-order valence-corrected chi connectivity index (χ2v) is 10.2. The third kappa shape index (κ3) is 5.13. The topological polar surface area (TPSA) is 96.5 Å². The van der Waals surface area contributed by atoms with Crippen molar-refractivity contribution in [2.45, 2.75) is 65.0 Å². The van der Waals surface area contributed by atoms with Gasteiger partial charge in [0.25, 0.3) is 0 Å². The number of aliphatic hydroxyl groups excluding tert-OH is 1. The molecule has 1 amide bonds. The van der Waals surface area contributed by atoms with Crippen LogP contribution in [-0.2, 0) is 16.0 Å². The maximum atomic E-state index is 13.5. The summed E-state index contributed by atoms with van der Waals surface area (Å²) in [4.78, 5) is 38.0. The van der Waals surface area contributed by atoms with E-state index in [1.165, 1.54) is 6.26 Å². The van der Waals surface area contributed by atoms with Crippen LogP contribution in [0, 0.1) is 19.8 Å². The number of Topliss-reactive ketones (excluding diaryl/α,β-unsaturated/α-hetero) is 1. The van der Waals surface area contributed by atoms with Crippen LogP contribution in [0.15, 0.2) is 40.5 Å². The smallest absolute Gasteiger partial charge is 0.232 e. The number of benzene rings is 1. The van der Waals surface area contributed by atoms with Gasteiger partial charge in [-0.1, -0.05) is 38.1 Å². The number of carbonyl (C=O) groups is 2. The molecule has 0 unspecified atom stereocenters. The molecule has 3 atom stereocenters. The number of likely N-dealkylation sites (tertiary alicyclic amines) is 1. The Balaban J connectivity index is 1.43. The average Bonchev–Trinajstić information content (AvgIpc) is 3.52. The van der Waals surface area contributed by atoms with Crippen LogP contribution in [0.3, 0.4) is 0 Å². The van der Waals surface area contributed by atoms with Gasteiger partial charge in [-0.2, -0.15) is 0 Å². The highest BCUT2D eigenvalue weighted by atomic mass is 32.1. The summed E-state index contributed by atoms with van der Waals surface area (Å²) in [5.41, 5.74) is 5.61. The zero-order chi connectivity index (χ0) is 24.4. The molecule has 0 saturated carbocycles. The van der Waals surface area contributed by atoms with E-state index in [1.54, 1.807) is 23.2 Å². The van der Waals surface area contributed by atoms with Crippen LogP contribution in [0.5, 0.6) is 0 Å². The van der Waals surface area contributed by atoms with Gasteiger partial charge >= 0.3 is 0 Å². The fourth-order valence-corrected chi connectivity index (χ4v) is 5.46. The molecule has 3 heterocycles. The van der Waals surface area contributed by atoms with Gasteiger partial charge in [0.15, 0.2) is 11.7 Å². The van der Waals surface area contributed by atoms with E-state index in [-0.39, 0.29) is 30.6 Å². The van der Waals surface area contributed by atoms with Crippen molar-refractivity contribution in [2.24, 2.45) is 5.92 Å². The first kappa shape index (κ1) is 24.3. The lowest BCUT2D eigenvalue weighted by atomic mass is 9.91. The molecule has 2 aromatic heterocycles. The van der Waals surface area contributed by atoms with E-state index in [9.17, 15) is 14.7 Å². The Hall–Kier alpha value is -2.84. The van der Waals surface area contributed by atoms with Crippen molar-refractivity contribution in [1.82, 2.24) is 14.9 Å². The molecule has 0 radical (unpaired) electrons. The minimum atomic E-state index is -0.702. The summed E-state index contributed by atoms with van der Waals surface area (Å²) in [7, 11) is 0. The van der Waals surface area contributed by atoms with Gasteiger partial charge in [-0.25, -0.2) is 9.97 Å². The molecule has 180 valence electrons. The zero-order valence-corrected chi connectivity index (χ0v) is 20.8. The van der Waals surface area contributed by atoms with E-state index in [2.05, 4.69) is 22.1 Å². The molecular formula is C26H31N3O4S. The van der Waals surface area contributed by atoms with Crippen LogP contribution in [0.1, 0.15) is 55.4 Å². The van der Waals surface area contributed by atoms with Crippen LogP contribution in [0.4, 0.5) is 0 Å². The molecule has 0 aliphatic carbocycles. The highest BCUT2D eigenvalue weighted by Gasteiger charge is 2.42. The summed E-state index contributed by atoms with van der Waals surface area (Å²) < 4.78 is 5.33. The number of carbonyl (C=O) groups excluding carboxylic acids is 2. The summed E-state index contributed by atoms with van der Waals surface area (Å²) in [6.45, 7) is 7.80. The Kier molecular flexibility index (Phi) is 7.28. The zero-order valence-electron chi connectivity index (χ0n) is 20.0. The first-order valence-electron chi connectivity index (χ1n) is 11.7. The molecule has 1 aliphatic heterocycles. The third-order valence-corrected chi connectivity index (χ3v) is 7.42. The number of rotatable bonds is 8. The average molecular weight is 482 g/mol. The number of β-amino-alcohol motifs (C(OH)–C–C–N with tert-alkyl or cyclic N) is 1. The molecule has 0 spiro atoms. The summed E-state index contributed by atoms with van der Waals surface area (Å²) in [6, 6.07) is 7.58. The Morgan fingerprint density at radius 2 is 1.97 bits per heavy atom. The molecule has 7 nitrogen and oxygen atoms in total. The highest BCUT2D eigenvalue weighted by Crippen LogP contribution is 2.31.